The lowest BCUT2D eigenvalue weighted by molar-refractivity contribution is -0.141. The highest BCUT2D eigenvalue weighted by Crippen LogP contribution is 2.41. The summed E-state index contributed by atoms with van der Waals surface area (Å²) < 4.78 is 4.91. The zero-order valence-electron chi connectivity index (χ0n) is 14.5. The summed E-state index contributed by atoms with van der Waals surface area (Å²) in [6.45, 7) is 2.95. The minimum atomic E-state index is -1.60. The fourth-order valence-corrected chi connectivity index (χ4v) is 3.78. The Balaban J connectivity index is 2.01. The molecule has 0 saturated carbocycles. The van der Waals surface area contributed by atoms with Crippen LogP contribution < -0.4 is 4.90 Å². The number of amides is 3. The van der Waals surface area contributed by atoms with Crippen LogP contribution in [0.3, 0.4) is 0 Å². The normalized spacial score (nSPS) is 21.9. The van der Waals surface area contributed by atoms with E-state index in [1.165, 1.54) is 25.1 Å². The molecule has 3 amide bonds. The summed E-state index contributed by atoms with van der Waals surface area (Å²) in [6.07, 6.45) is -0.525. The Hall–Kier alpha value is -2.45. The first kappa shape index (κ1) is 19.3. The van der Waals surface area contributed by atoms with Gasteiger partial charge in [0.25, 0.3) is 5.91 Å². The molecule has 1 fully saturated rings. The van der Waals surface area contributed by atoms with Gasteiger partial charge < -0.3 is 4.74 Å². The number of imide groups is 1. The zero-order chi connectivity index (χ0) is 19.9. The summed E-state index contributed by atoms with van der Waals surface area (Å²) in [5.41, 5.74) is -1.49. The number of esters is 1. The van der Waals surface area contributed by atoms with E-state index >= 15 is 0 Å². The molecule has 0 bridgehead atoms. The fourth-order valence-electron chi connectivity index (χ4n) is 3.26. The number of halogens is 2. The van der Waals surface area contributed by atoms with E-state index in [1.54, 1.807) is 6.92 Å². The van der Waals surface area contributed by atoms with Gasteiger partial charge in [-0.1, -0.05) is 23.2 Å². The second kappa shape index (κ2) is 6.94. The van der Waals surface area contributed by atoms with Crippen LogP contribution in [0.5, 0.6) is 0 Å². The number of rotatable bonds is 3. The van der Waals surface area contributed by atoms with Gasteiger partial charge in [-0.05, 0) is 25.1 Å². The minimum Gasteiger partial charge on any atom is -0.461 e. The maximum atomic E-state index is 13.2. The molecule has 0 aliphatic carbocycles. The zero-order valence-corrected chi connectivity index (χ0v) is 16.0. The standard InChI is InChI=1S/C17H15Cl2N3O5/c1-3-27-15(25)13-7-17(22(20-13)9(2)23)8-14(24)21(16(17)26)12-5-10(18)4-11(19)6-12/h4-6H,3,7-8H2,1-2H3. The van der Waals surface area contributed by atoms with Gasteiger partial charge in [0.1, 0.15) is 5.71 Å². The molecule has 3 rings (SSSR count). The van der Waals surface area contributed by atoms with Crippen molar-refractivity contribution in [3.8, 4) is 0 Å². The number of carbonyl (C=O) groups excluding carboxylic acids is 4. The Kier molecular flexibility index (Phi) is 4.96. The Morgan fingerprint density at radius 2 is 1.81 bits per heavy atom. The predicted octanol–water partition coefficient (Wildman–Crippen LogP) is 2.17. The number of carbonyl (C=O) groups is 4. The molecule has 27 heavy (non-hydrogen) atoms. The second-order valence-electron chi connectivity index (χ2n) is 6.15. The topological polar surface area (TPSA) is 96.3 Å². The van der Waals surface area contributed by atoms with Crippen LogP contribution in [0.25, 0.3) is 0 Å². The molecule has 8 nitrogen and oxygen atoms in total. The first-order valence-electron chi connectivity index (χ1n) is 8.08. The van der Waals surface area contributed by atoms with Gasteiger partial charge in [-0.3, -0.25) is 14.4 Å². The van der Waals surface area contributed by atoms with Gasteiger partial charge in [-0.25, -0.2) is 14.7 Å². The third-order valence-corrected chi connectivity index (χ3v) is 4.73. The lowest BCUT2D eigenvalue weighted by atomic mass is 9.91. The van der Waals surface area contributed by atoms with Crippen molar-refractivity contribution in [1.29, 1.82) is 0 Å². The SMILES string of the molecule is CCOC(=O)C1=NN(C(C)=O)C2(CC(=O)N(c3cc(Cl)cc(Cl)c3)C2=O)C1. The largest absolute Gasteiger partial charge is 0.461 e. The van der Waals surface area contributed by atoms with Gasteiger partial charge in [0.15, 0.2) is 5.54 Å². The third-order valence-electron chi connectivity index (χ3n) is 4.30. The number of hydrogen-bond acceptors (Lipinski definition) is 6. The van der Waals surface area contributed by atoms with E-state index in [1.807, 2.05) is 0 Å². The molecule has 2 heterocycles. The highest BCUT2D eigenvalue weighted by molar-refractivity contribution is 6.40. The van der Waals surface area contributed by atoms with Gasteiger partial charge in [0, 0.05) is 23.4 Å². The highest BCUT2D eigenvalue weighted by atomic mass is 35.5. The van der Waals surface area contributed by atoms with E-state index in [0.717, 1.165) is 9.91 Å². The van der Waals surface area contributed by atoms with Crippen molar-refractivity contribution >= 4 is 58.3 Å². The quantitative estimate of drug-likeness (QED) is 0.560. The highest BCUT2D eigenvalue weighted by Gasteiger charge is 2.61. The molecule has 1 aromatic carbocycles. The minimum absolute atomic E-state index is 0.0841. The van der Waals surface area contributed by atoms with E-state index < -0.39 is 29.2 Å². The number of benzene rings is 1. The van der Waals surface area contributed by atoms with E-state index in [4.69, 9.17) is 27.9 Å². The molecule has 1 aromatic rings. The van der Waals surface area contributed by atoms with Crippen molar-refractivity contribution in [3.05, 3.63) is 28.2 Å². The van der Waals surface area contributed by atoms with Crippen molar-refractivity contribution < 1.29 is 23.9 Å². The van der Waals surface area contributed by atoms with Crippen LogP contribution in [-0.2, 0) is 23.9 Å². The smallest absolute Gasteiger partial charge is 0.354 e. The molecule has 1 atom stereocenters. The number of hydrogen-bond donors (Lipinski definition) is 0. The van der Waals surface area contributed by atoms with Gasteiger partial charge in [-0.15, -0.1) is 0 Å². The van der Waals surface area contributed by atoms with Crippen LogP contribution in [0.4, 0.5) is 5.69 Å². The first-order chi connectivity index (χ1) is 12.7. The molecule has 0 radical (unpaired) electrons. The molecule has 10 heteroatoms. The fraction of sp³-hybridized carbons (Fsp3) is 0.353. The van der Waals surface area contributed by atoms with Crippen LogP contribution >= 0.6 is 23.2 Å². The summed E-state index contributed by atoms with van der Waals surface area (Å²) >= 11 is 11.9. The van der Waals surface area contributed by atoms with Crippen molar-refractivity contribution in [2.75, 3.05) is 11.5 Å². The predicted molar refractivity (Wildman–Crippen MR) is 97.5 cm³/mol. The molecule has 1 unspecified atom stereocenters. The molecular weight excluding hydrogens is 397 g/mol. The number of anilines is 1. The van der Waals surface area contributed by atoms with Crippen molar-refractivity contribution in [3.63, 3.8) is 0 Å². The average Bonchev–Trinajstić information content (AvgIpc) is 3.06. The first-order valence-corrected chi connectivity index (χ1v) is 8.84. The molecule has 0 N–H and O–H groups in total. The molecule has 0 aromatic heterocycles. The number of hydrazone groups is 1. The Morgan fingerprint density at radius 3 is 2.37 bits per heavy atom. The molecule has 2 aliphatic heterocycles. The van der Waals surface area contributed by atoms with Crippen molar-refractivity contribution in [1.82, 2.24) is 5.01 Å². The van der Waals surface area contributed by atoms with Crippen molar-refractivity contribution in [2.45, 2.75) is 32.2 Å². The van der Waals surface area contributed by atoms with E-state index in [2.05, 4.69) is 5.10 Å². The van der Waals surface area contributed by atoms with Crippen molar-refractivity contribution in [2.24, 2.45) is 5.10 Å². The third kappa shape index (κ3) is 3.19. The number of ether oxygens (including phenoxy) is 1. The average molecular weight is 412 g/mol. The molecule has 1 saturated heterocycles. The summed E-state index contributed by atoms with van der Waals surface area (Å²) in [5, 5.41) is 5.35. The summed E-state index contributed by atoms with van der Waals surface area (Å²) in [5.74, 6) is -2.53. The van der Waals surface area contributed by atoms with E-state index in [0.29, 0.717) is 0 Å². The maximum Gasteiger partial charge on any atom is 0.354 e. The van der Waals surface area contributed by atoms with Crippen LogP contribution in [-0.4, -0.2) is 46.6 Å². The lowest BCUT2D eigenvalue weighted by Crippen LogP contribution is -2.51. The van der Waals surface area contributed by atoms with Crippen LogP contribution in [0.1, 0.15) is 26.7 Å². The Morgan fingerprint density at radius 1 is 1.19 bits per heavy atom. The van der Waals surface area contributed by atoms with E-state index in [9.17, 15) is 19.2 Å². The lowest BCUT2D eigenvalue weighted by Gasteiger charge is -2.29. The molecule has 142 valence electrons. The van der Waals surface area contributed by atoms with Crippen LogP contribution in [0, 0.1) is 0 Å². The molecular formula is C17H15Cl2N3O5. The summed E-state index contributed by atoms with van der Waals surface area (Å²) in [6, 6.07) is 4.30. The van der Waals surface area contributed by atoms with Gasteiger partial charge in [0.05, 0.1) is 18.7 Å². The maximum absolute atomic E-state index is 13.2. The van der Waals surface area contributed by atoms with Crippen LogP contribution in [0.15, 0.2) is 23.3 Å². The summed E-state index contributed by atoms with van der Waals surface area (Å²) in [4.78, 5) is 50.9. The van der Waals surface area contributed by atoms with Gasteiger partial charge in [-0.2, -0.15) is 5.10 Å². The van der Waals surface area contributed by atoms with Gasteiger partial charge in [0.2, 0.25) is 11.8 Å². The Bertz CT molecular complexity index is 880. The monoisotopic (exact) mass is 411 g/mol. The second-order valence-corrected chi connectivity index (χ2v) is 7.02. The summed E-state index contributed by atoms with van der Waals surface area (Å²) in [7, 11) is 0. The Labute approximate surface area is 164 Å². The molecule has 2 aliphatic rings. The van der Waals surface area contributed by atoms with E-state index in [-0.39, 0.29) is 40.9 Å². The van der Waals surface area contributed by atoms with Gasteiger partial charge >= 0.3 is 5.97 Å². The number of nitrogens with zero attached hydrogens (tertiary/aromatic N) is 3. The van der Waals surface area contributed by atoms with Crippen LogP contribution in [0.2, 0.25) is 10.0 Å². The molecule has 1 spiro atoms.